The van der Waals surface area contributed by atoms with Crippen LogP contribution in [0.5, 0.6) is 0 Å². The number of hydrogen-bond donors (Lipinski definition) is 0. The molecule has 68 valence electrons. The van der Waals surface area contributed by atoms with Crippen molar-refractivity contribution in [3.8, 4) is 0 Å². The number of halogens is 2. The van der Waals surface area contributed by atoms with Crippen LogP contribution >= 0.6 is 23.2 Å². The number of carbonyl (C=O) groups excluding carboxylic acids is 1. The van der Waals surface area contributed by atoms with E-state index >= 15 is 0 Å². The maximum atomic E-state index is 11.4. The molecular formula is C9H9BCl2O. The van der Waals surface area contributed by atoms with Gasteiger partial charge in [-0.2, -0.15) is 0 Å². The van der Waals surface area contributed by atoms with Gasteiger partial charge in [0.2, 0.25) is 0 Å². The lowest BCUT2D eigenvalue weighted by Crippen LogP contribution is -2.00. The van der Waals surface area contributed by atoms with Crippen molar-refractivity contribution in [1.29, 1.82) is 0 Å². The van der Waals surface area contributed by atoms with E-state index < -0.39 is 0 Å². The van der Waals surface area contributed by atoms with Crippen LogP contribution in [0.15, 0.2) is 18.2 Å². The van der Waals surface area contributed by atoms with Gasteiger partial charge < -0.3 is 0 Å². The Balaban J connectivity index is 2.90. The van der Waals surface area contributed by atoms with E-state index in [1.165, 1.54) is 0 Å². The normalized spacial score (nSPS) is 9.77. The molecule has 0 unspecified atom stereocenters. The van der Waals surface area contributed by atoms with Crippen molar-refractivity contribution in [1.82, 2.24) is 0 Å². The summed E-state index contributed by atoms with van der Waals surface area (Å²) in [4.78, 5) is 11.4. The van der Waals surface area contributed by atoms with Crippen molar-refractivity contribution in [2.75, 3.05) is 0 Å². The lowest BCUT2D eigenvalue weighted by molar-refractivity contribution is 0.101. The van der Waals surface area contributed by atoms with Crippen LogP contribution in [0.25, 0.3) is 0 Å². The monoisotopic (exact) mass is 214 g/mol. The second-order valence-electron chi connectivity index (χ2n) is 2.80. The minimum atomic E-state index is 0.112. The van der Waals surface area contributed by atoms with Gasteiger partial charge in [-0.25, -0.2) is 0 Å². The van der Waals surface area contributed by atoms with Crippen molar-refractivity contribution in [3.63, 3.8) is 0 Å². The Kier molecular flexibility index (Phi) is 3.82. The maximum Gasteiger partial charge on any atom is 0.155 e. The first-order valence-electron chi connectivity index (χ1n) is 4.13. The molecule has 0 bridgehead atoms. The van der Waals surface area contributed by atoms with Crippen molar-refractivity contribution in [2.45, 2.75) is 13.1 Å². The zero-order chi connectivity index (χ0) is 9.84. The molecule has 0 aliphatic carbocycles. The van der Waals surface area contributed by atoms with Gasteiger partial charge in [0.15, 0.2) is 5.78 Å². The molecule has 0 atom stereocenters. The van der Waals surface area contributed by atoms with E-state index in [1.54, 1.807) is 18.2 Å². The van der Waals surface area contributed by atoms with Crippen molar-refractivity contribution < 1.29 is 4.79 Å². The van der Waals surface area contributed by atoms with Crippen LogP contribution in [0.2, 0.25) is 23.2 Å². The van der Waals surface area contributed by atoms with Gasteiger partial charge in [-0.05, 0) is 24.5 Å². The summed E-state index contributed by atoms with van der Waals surface area (Å²) in [7, 11) is 0.846. The predicted octanol–water partition coefficient (Wildman–Crippen LogP) is 3.08. The largest absolute Gasteiger partial charge is 0.295 e. The van der Waals surface area contributed by atoms with Gasteiger partial charge in [0.1, 0.15) is 7.28 Å². The molecule has 13 heavy (non-hydrogen) atoms. The minimum Gasteiger partial charge on any atom is -0.295 e. The highest BCUT2D eigenvalue weighted by molar-refractivity contribution is 6.43. The quantitative estimate of drug-likeness (QED) is 0.559. The summed E-state index contributed by atoms with van der Waals surface area (Å²) < 4.78 is 0. The molecule has 0 aliphatic heterocycles. The molecule has 0 N–H and O–H groups in total. The first kappa shape index (κ1) is 10.6. The highest BCUT2D eigenvalue weighted by atomic mass is 35.5. The van der Waals surface area contributed by atoms with Crippen molar-refractivity contribution >= 4 is 36.3 Å². The maximum absolute atomic E-state index is 11.4. The summed E-state index contributed by atoms with van der Waals surface area (Å²) in [6.45, 7) is 1.97. The fourth-order valence-corrected chi connectivity index (χ4v) is 1.34. The topological polar surface area (TPSA) is 17.1 Å². The van der Waals surface area contributed by atoms with Crippen LogP contribution in [-0.2, 0) is 0 Å². The summed E-state index contributed by atoms with van der Waals surface area (Å²) in [5.74, 6) is 0.112. The van der Waals surface area contributed by atoms with Crippen LogP contribution in [0.4, 0.5) is 0 Å². The Bertz CT molecular complexity index is 325. The molecule has 1 aromatic rings. The van der Waals surface area contributed by atoms with Crippen molar-refractivity contribution in [2.24, 2.45) is 0 Å². The smallest absolute Gasteiger partial charge is 0.155 e. The Morgan fingerprint density at radius 3 is 2.62 bits per heavy atom. The van der Waals surface area contributed by atoms with Gasteiger partial charge in [-0.1, -0.05) is 30.0 Å². The molecule has 0 fully saturated rings. The number of benzene rings is 1. The molecule has 1 rings (SSSR count). The molecule has 0 aromatic heterocycles. The zero-order valence-corrected chi connectivity index (χ0v) is 8.82. The van der Waals surface area contributed by atoms with Gasteiger partial charge in [0.25, 0.3) is 0 Å². The number of hydrogen-bond acceptors (Lipinski definition) is 1. The Morgan fingerprint density at radius 2 is 2.08 bits per heavy atom. The van der Waals surface area contributed by atoms with Crippen molar-refractivity contribution in [3.05, 3.63) is 33.8 Å². The Hall–Kier alpha value is -0.465. The van der Waals surface area contributed by atoms with Crippen LogP contribution in [-0.4, -0.2) is 13.1 Å². The Morgan fingerprint density at radius 1 is 1.38 bits per heavy atom. The van der Waals surface area contributed by atoms with E-state index in [0.717, 1.165) is 7.28 Å². The molecule has 0 saturated carbocycles. The summed E-state index contributed by atoms with van der Waals surface area (Å²) in [5, 5.41) is 0.915. The van der Waals surface area contributed by atoms with E-state index in [-0.39, 0.29) is 5.78 Å². The van der Waals surface area contributed by atoms with Gasteiger partial charge in [0, 0.05) is 5.56 Å². The van der Waals surface area contributed by atoms with E-state index in [4.69, 9.17) is 23.2 Å². The fourth-order valence-electron chi connectivity index (χ4n) is 1.04. The lowest BCUT2D eigenvalue weighted by atomic mass is 9.75. The summed E-state index contributed by atoms with van der Waals surface area (Å²) in [5.41, 5.74) is 0.635. The molecule has 0 spiro atoms. The number of ketones is 1. The second-order valence-corrected chi connectivity index (χ2v) is 3.62. The third-order valence-corrected chi connectivity index (χ3v) is 2.46. The molecule has 1 nitrogen and oxygen atoms in total. The van der Waals surface area contributed by atoms with Gasteiger partial charge in [-0.3, -0.25) is 4.79 Å². The van der Waals surface area contributed by atoms with E-state index in [2.05, 4.69) is 0 Å². The third kappa shape index (κ3) is 2.75. The molecule has 4 heteroatoms. The second kappa shape index (κ2) is 4.68. The summed E-state index contributed by atoms with van der Waals surface area (Å²) in [6.07, 6.45) is 0.554. The van der Waals surface area contributed by atoms with Crippen LogP contribution in [0.3, 0.4) is 0 Å². The van der Waals surface area contributed by atoms with E-state index in [9.17, 15) is 4.79 Å². The molecular weight excluding hydrogens is 206 g/mol. The summed E-state index contributed by atoms with van der Waals surface area (Å²) in [6, 6.07) is 4.96. The van der Waals surface area contributed by atoms with Crippen LogP contribution < -0.4 is 0 Å². The standard InChI is InChI=1S/C9H9BCl2O/c1-10-5-9(13)6-2-3-7(11)8(12)4-6/h2-4,10H,5H2,1H3. The minimum absolute atomic E-state index is 0.112. The average molecular weight is 215 g/mol. The lowest BCUT2D eigenvalue weighted by Gasteiger charge is -2.00. The first-order valence-corrected chi connectivity index (χ1v) is 4.89. The first-order chi connectivity index (χ1) is 6.15. The highest BCUT2D eigenvalue weighted by Crippen LogP contribution is 2.23. The molecule has 0 heterocycles. The molecule has 1 aromatic carbocycles. The highest BCUT2D eigenvalue weighted by Gasteiger charge is 2.06. The number of rotatable bonds is 3. The zero-order valence-electron chi connectivity index (χ0n) is 7.31. The van der Waals surface area contributed by atoms with Gasteiger partial charge in [-0.15, -0.1) is 0 Å². The number of Topliss-reactive ketones (excluding diaryl/α,β-unsaturated/α-hetero) is 1. The van der Waals surface area contributed by atoms with Gasteiger partial charge >= 0.3 is 0 Å². The summed E-state index contributed by atoms with van der Waals surface area (Å²) >= 11 is 11.5. The Labute approximate surface area is 88.3 Å². The van der Waals surface area contributed by atoms with Gasteiger partial charge in [0.05, 0.1) is 10.0 Å². The average Bonchev–Trinajstić information content (AvgIpc) is 2.10. The SMILES string of the molecule is CBCC(=O)c1ccc(Cl)c(Cl)c1. The number of carbonyl (C=O) groups is 1. The van der Waals surface area contributed by atoms with Crippen LogP contribution in [0, 0.1) is 0 Å². The van der Waals surface area contributed by atoms with E-state index in [1.807, 2.05) is 6.82 Å². The molecule has 0 aliphatic rings. The van der Waals surface area contributed by atoms with Crippen LogP contribution in [0.1, 0.15) is 10.4 Å². The molecule has 0 radical (unpaired) electrons. The third-order valence-electron chi connectivity index (χ3n) is 1.72. The van der Waals surface area contributed by atoms with E-state index in [0.29, 0.717) is 21.9 Å². The molecule has 0 amide bonds. The predicted molar refractivity (Wildman–Crippen MR) is 58.6 cm³/mol. The fraction of sp³-hybridized carbons (Fsp3) is 0.222. The molecule has 0 saturated heterocycles.